The van der Waals surface area contributed by atoms with Crippen LogP contribution in [0.4, 0.5) is 0 Å². The summed E-state index contributed by atoms with van der Waals surface area (Å²) in [6.07, 6.45) is 2.18. The van der Waals surface area contributed by atoms with Gasteiger partial charge in [-0.25, -0.2) is 0 Å². The molecule has 122 valence electrons. The van der Waals surface area contributed by atoms with Crippen molar-refractivity contribution in [2.24, 2.45) is 10.2 Å². The molecule has 0 aromatic heterocycles. The third kappa shape index (κ3) is 4.38. The van der Waals surface area contributed by atoms with Crippen LogP contribution in [0.5, 0.6) is 0 Å². The number of hydrogen-bond donors (Lipinski definition) is 1. The minimum atomic E-state index is -0.222. The Kier molecular flexibility index (Phi) is 5.56. The topological polar surface area (TPSA) is 53.8 Å². The molecule has 7 heteroatoms. The number of hydrogen-bond acceptors (Lipinski definition) is 4. The van der Waals surface area contributed by atoms with Gasteiger partial charge >= 0.3 is 0 Å². The van der Waals surface area contributed by atoms with Gasteiger partial charge < -0.3 is 5.32 Å². The maximum atomic E-state index is 12.0. The molecule has 3 rings (SSSR count). The van der Waals surface area contributed by atoms with E-state index in [1.54, 1.807) is 12.3 Å². The number of nitrogens with one attached hydrogen (secondary N) is 1. The lowest BCUT2D eigenvalue weighted by Crippen LogP contribution is -2.25. The van der Waals surface area contributed by atoms with E-state index < -0.39 is 0 Å². The van der Waals surface area contributed by atoms with E-state index in [-0.39, 0.29) is 11.2 Å². The van der Waals surface area contributed by atoms with E-state index >= 15 is 0 Å². The summed E-state index contributed by atoms with van der Waals surface area (Å²) in [7, 11) is 0. The Morgan fingerprint density at radius 3 is 2.62 bits per heavy atom. The first kappa shape index (κ1) is 17.0. The summed E-state index contributed by atoms with van der Waals surface area (Å²) in [6, 6.07) is 14.8. The van der Waals surface area contributed by atoms with Gasteiger partial charge in [-0.3, -0.25) is 4.79 Å². The van der Waals surface area contributed by atoms with Crippen molar-refractivity contribution in [3.8, 4) is 0 Å². The summed E-state index contributed by atoms with van der Waals surface area (Å²) in [6.45, 7) is 0. The van der Waals surface area contributed by atoms with Crippen molar-refractivity contribution < 1.29 is 4.79 Å². The highest BCUT2D eigenvalue weighted by Gasteiger charge is 2.30. The van der Waals surface area contributed by atoms with Crippen LogP contribution in [0.1, 0.15) is 11.1 Å². The molecular weight excluding hydrogens is 365 g/mol. The van der Waals surface area contributed by atoms with Crippen LogP contribution in [0, 0.1) is 0 Å². The molecule has 1 aliphatic rings. The maximum absolute atomic E-state index is 12.0. The van der Waals surface area contributed by atoms with Crippen molar-refractivity contribution >= 4 is 52.3 Å². The van der Waals surface area contributed by atoms with E-state index in [0.29, 0.717) is 21.6 Å². The molecule has 0 radical (unpaired) electrons. The largest absolute Gasteiger partial charge is 0.303 e. The van der Waals surface area contributed by atoms with E-state index in [1.807, 2.05) is 42.5 Å². The Morgan fingerprint density at radius 1 is 1.12 bits per heavy atom. The van der Waals surface area contributed by atoms with Gasteiger partial charge in [0.15, 0.2) is 5.17 Å². The Balaban J connectivity index is 1.63. The van der Waals surface area contributed by atoms with E-state index in [0.717, 1.165) is 11.1 Å². The molecule has 1 aliphatic heterocycles. The number of thioether (sulfide) groups is 1. The van der Waals surface area contributed by atoms with Crippen LogP contribution >= 0.6 is 35.0 Å². The van der Waals surface area contributed by atoms with Gasteiger partial charge in [-0.15, -0.1) is 5.10 Å². The lowest BCUT2D eigenvalue weighted by atomic mass is 10.1. The summed E-state index contributed by atoms with van der Waals surface area (Å²) in [4.78, 5) is 12.0. The Morgan fingerprint density at radius 2 is 1.88 bits per heavy atom. The van der Waals surface area contributed by atoms with Crippen LogP contribution in [0.15, 0.2) is 58.7 Å². The summed E-state index contributed by atoms with van der Waals surface area (Å²) in [5.41, 5.74) is 1.82. The highest BCUT2D eigenvalue weighted by atomic mass is 35.5. The van der Waals surface area contributed by atoms with Crippen molar-refractivity contribution in [2.45, 2.75) is 11.7 Å². The molecule has 1 amide bonds. The molecule has 2 aromatic carbocycles. The molecule has 0 bridgehead atoms. The number of carbonyl (C=O) groups is 1. The lowest BCUT2D eigenvalue weighted by Gasteiger charge is -2.05. The first-order valence-corrected chi connectivity index (χ1v) is 8.83. The van der Waals surface area contributed by atoms with Gasteiger partial charge in [-0.1, -0.05) is 65.3 Å². The molecule has 4 nitrogen and oxygen atoms in total. The fourth-order valence-electron chi connectivity index (χ4n) is 2.14. The fraction of sp³-hybridized carbons (Fsp3) is 0.118. The zero-order chi connectivity index (χ0) is 16.9. The third-order valence-corrected chi connectivity index (χ3v) is 5.03. The molecule has 2 aromatic rings. The average Bonchev–Trinajstić information content (AvgIpc) is 2.91. The molecule has 1 unspecified atom stereocenters. The number of rotatable bonds is 4. The van der Waals surface area contributed by atoms with Crippen LogP contribution in [0.2, 0.25) is 10.0 Å². The minimum Gasteiger partial charge on any atom is -0.303 e. The van der Waals surface area contributed by atoms with Crippen LogP contribution in [0.3, 0.4) is 0 Å². The van der Waals surface area contributed by atoms with Gasteiger partial charge in [0.25, 0.3) is 0 Å². The van der Waals surface area contributed by atoms with Gasteiger partial charge in [0, 0.05) is 15.6 Å². The maximum Gasteiger partial charge on any atom is 0.239 e. The van der Waals surface area contributed by atoms with Crippen LogP contribution in [0.25, 0.3) is 0 Å². The SMILES string of the molecule is O=C1N/C(=N\N=C\c2ccccc2Cl)SC1Cc1ccc(Cl)cc1. The molecular formula is C17H13Cl2N3OS. The number of halogens is 2. The summed E-state index contributed by atoms with van der Waals surface area (Å²) < 4.78 is 0. The highest BCUT2D eigenvalue weighted by molar-refractivity contribution is 8.15. The first-order valence-electron chi connectivity index (χ1n) is 7.19. The van der Waals surface area contributed by atoms with Gasteiger partial charge in [0.05, 0.1) is 11.5 Å². The first-order chi connectivity index (χ1) is 11.6. The molecule has 1 saturated heterocycles. The number of amidine groups is 1. The molecule has 1 fully saturated rings. The van der Waals surface area contributed by atoms with E-state index in [2.05, 4.69) is 15.5 Å². The normalized spacial score (nSPS) is 19.2. The van der Waals surface area contributed by atoms with Gasteiger partial charge in [-0.2, -0.15) is 5.10 Å². The van der Waals surface area contributed by atoms with Crippen LogP contribution < -0.4 is 5.32 Å². The quantitative estimate of drug-likeness (QED) is 0.642. The Labute approximate surface area is 154 Å². The molecule has 0 saturated carbocycles. The number of benzene rings is 2. The van der Waals surface area contributed by atoms with E-state index in [4.69, 9.17) is 23.2 Å². The summed E-state index contributed by atoms with van der Waals surface area (Å²) in [5, 5.41) is 12.3. The summed E-state index contributed by atoms with van der Waals surface area (Å²) in [5.74, 6) is -0.0679. The average molecular weight is 378 g/mol. The highest BCUT2D eigenvalue weighted by Crippen LogP contribution is 2.24. The van der Waals surface area contributed by atoms with Crippen molar-refractivity contribution in [3.63, 3.8) is 0 Å². The van der Waals surface area contributed by atoms with Crippen molar-refractivity contribution in [2.75, 3.05) is 0 Å². The molecule has 0 spiro atoms. The molecule has 1 atom stereocenters. The second kappa shape index (κ2) is 7.83. The van der Waals surface area contributed by atoms with Crippen molar-refractivity contribution in [1.29, 1.82) is 0 Å². The standard InChI is InChI=1S/C17H13Cl2N3OS/c18-13-7-5-11(6-8-13)9-15-16(23)21-17(24-15)22-20-10-12-3-1-2-4-14(12)19/h1-8,10,15H,9H2,(H,21,22,23)/b20-10+. The zero-order valence-electron chi connectivity index (χ0n) is 12.4. The number of nitrogens with zero attached hydrogens (tertiary/aromatic N) is 2. The predicted octanol–water partition coefficient (Wildman–Crippen LogP) is 4.16. The van der Waals surface area contributed by atoms with Gasteiger partial charge in [-0.05, 0) is 30.2 Å². The van der Waals surface area contributed by atoms with Crippen molar-refractivity contribution in [3.05, 3.63) is 69.7 Å². The predicted molar refractivity (Wildman–Crippen MR) is 101 cm³/mol. The lowest BCUT2D eigenvalue weighted by molar-refractivity contribution is -0.118. The van der Waals surface area contributed by atoms with Crippen LogP contribution in [-0.2, 0) is 11.2 Å². The molecule has 1 N–H and O–H groups in total. The summed E-state index contributed by atoms with van der Waals surface area (Å²) >= 11 is 13.3. The smallest absolute Gasteiger partial charge is 0.239 e. The zero-order valence-corrected chi connectivity index (χ0v) is 14.8. The Bertz CT molecular complexity index is 806. The minimum absolute atomic E-state index is 0.0679. The van der Waals surface area contributed by atoms with Crippen LogP contribution in [-0.4, -0.2) is 22.5 Å². The monoisotopic (exact) mass is 377 g/mol. The van der Waals surface area contributed by atoms with Gasteiger partial charge in [0.2, 0.25) is 5.91 Å². The second-order valence-corrected chi connectivity index (χ2v) is 7.13. The second-order valence-electron chi connectivity index (χ2n) is 5.10. The van der Waals surface area contributed by atoms with Crippen molar-refractivity contribution in [1.82, 2.24) is 5.32 Å². The van der Waals surface area contributed by atoms with E-state index in [1.165, 1.54) is 11.8 Å². The number of amides is 1. The molecule has 24 heavy (non-hydrogen) atoms. The van der Waals surface area contributed by atoms with Gasteiger partial charge in [0.1, 0.15) is 0 Å². The molecule has 0 aliphatic carbocycles. The Hall–Kier alpha value is -1.82. The third-order valence-electron chi connectivity index (χ3n) is 3.36. The number of carbonyl (C=O) groups excluding carboxylic acids is 1. The fourth-order valence-corrected chi connectivity index (χ4v) is 3.42. The molecule has 1 heterocycles. The van der Waals surface area contributed by atoms with E-state index in [9.17, 15) is 4.79 Å².